The Morgan fingerprint density at radius 2 is 2.10 bits per heavy atom. The Morgan fingerprint density at radius 1 is 1.43 bits per heavy atom. The highest BCUT2D eigenvalue weighted by Gasteiger charge is 2.22. The van der Waals surface area contributed by atoms with Gasteiger partial charge in [0.1, 0.15) is 11.8 Å². The zero-order valence-corrected chi connectivity index (χ0v) is 13.0. The second-order valence-corrected chi connectivity index (χ2v) is 5.28. The van der Waals surface area contributed by atoms with Gasteiger partial charge in [0.15, 0.2) is 6.61 Å². The number of nitrogens with one attached hydrogen (secondary N) is 1. The summed E-state index contributed by atoms with van der Waals surface area (Å²) in [5.74, 6) is -2.50. The first-order valence-corrected chi connectivity index (χ1v) is 6.85. The Hall–Kier alpha value is -1.80. The van der Waals surface area contributed by atoms with Crippen LogP contribution in [0.1, 0.15) is 6.42 Å². The summed E-state index contributed by atoms with van der Waals surface area (Å²) in [5.41, 5.74) is 4.90. The molecule has 1 aromatic rings. The first-order chi connectivity index (χ1) is 9.79. The number of aliphatic carboxylic acids is 1. The molecule has 0 saturated carbocycles. The minimum Gasteiger partial charge on any atom is -0.483 e. The van der Waals surface area contributed by atoms with Gasteiger partial charge < -0.3 is 20.9 Å². The normalized spacial score (nSPS) is 11.5. The zero-order chi connectivity index (χ0) is 16.0. The number of nitrogens with two attached hydrogens (primary N) is 1. The van der Waals surface area contributed by atoms with Crippen molar-refractivity contribution < 1.29 is 24.2 Å². The lowest BCUT2D eigenvalue weighted by Crippen LogP contribution is -2.45. The van der Waals surface area contributed by atoms with Crippen molar-refractivity contribution in [3.63, 3.8) is 0 Å². The second kappa shape index (κ2) is 7.84. The average Bonchev–Trinajstić information content (AvgIpc) is 2.36. The SMILES string of the molecule is NC(=O)CC(NC(=O)COc1ccc(Cl)cc1Br)C(=O)O. The number of hydrogen-bond donors (Lipinski definition) is 3. The van der Waals surface area contributed by atoms with E-state index in [0.717, 1.165) is 0 Å². The molecule has 0 aromatic heterocycles. The molecule has 0 aliphatic carbocycles. The predicted octanol–water partition coefficient (Wildman–Crippen LogP) is 0.926. The molecule has 4 N–H and O–H groups in total. The predicted molar refractivity (Wildman–Crippen MR) is 78.0 cm³/mol. The molecule has 0 bridgehead atoms. The van der Waals surface area contributed by atoms with Crippen molar-refractivity contribution in [3.05, 3.63) is 27.7 Å². The van der Waals surface area contributed by atoms with Crippen LogP contribution in [0, 0.1) is 0 Å². The van der Waals surface area contributed by atoms with E-state index in [-0.39, 0.29) is 0 Å². The molecule has 1 atom stereocenters. The molecule has 0 aliphatic heterocycles. The number of hydrogen-bond acceptors (Lipinski definition) is 4. The second-order valence-electron chi connectivity index (χ2n) is 3.99. The molecular formula is C12H12BrClN2O5. The third kappa shape index (κ3) is 6.01. The van der Waals surface area contributed by atoms with Crippen molar-refractivity contribution in [2.24, 2.45) is 5.73 Å². The van der Waals surface area contributed by atoms with Crippen LogP contribution in [0.15, 0.2) is 22.7 Å². The first-order valence-electron chi connectivity index (χ1n) is 5.68. The van der Waals surface area contributed by atoms with Gasteiger partial charge in [0.2, 0.25) is 5.91 Å². The first kappa shape index (κ1) is 17.3. The van der Waals surface area contributed by atoms with Gasteiger partial charge in [-0.15, -0.1) is 0 Å². The van der Waals surface area contributed by atoms with Crippen LogP contribution >= 0.6 is 27.5 Å². The quantitative estimate of drug-likeness (QED) is 0.651. The Balaban J connectivity index is 2.56. The summed E-state index contributed by atoms with van der Waals surface area (Å²) < 4.78 is 5.76. The maximum absolute atomic E-state index is 11.6. The van der Waals surface area contributed by atoms with E-state index in [2.05, 4.69) is 21.2 Å². The number of rotatable bonds is 7. The molecule has 114 valence electrons. The molecule has 0 radical (unpaired) electrons. The number of ether oxygens (including phenoxy) is 1. The number of carboxylic acid groups (broad SMARTS) is 1. The van der Waals surface area contributed by atoms with Gasteiger partial charge >= 0.3 is 5.97 Å². The van der Waals surface area contributed by atoms with Crippen LogP contribution in [0.5, 0.6) is 5.75 Å². The van der Waals surface area contributed by atoms with Crippen LogP contribution in [0.25, 0.3) is 0 Å². The Bertz CT molecular complexity index is 567. The number of halogens is 2. The highest BCUT2D eigenvalue weighted by atomic mass is 79.9. The molecule has 2 amide bonds. The molecule has 7 nitrogen and oxygen atoms in total. The van der Waals surface area contributed by atoms with Crippen LogP contribution < -0.4 is 15.8 Å². The van der Waals surface area contributed by atoms with Gasteiger partial charge in [0.05, 0.1) is 10.9 Å². The minimum atomic E-state index is -1.38. The number of carboxylic acids is 1. The third-order valence-electron chi connectivity index (χ3n) is 2.29. The third-order valence-corrected chi connectivity index (χ3v) is 3.15. The minimum absolute atomic E-state index is 0.372. The fourth-order valence-corrected chi connectivity index (χ4v) is 2.17. The fourth-order valence-electron chi connectivity index (χ4n) is 1.37. The van der Waals surface area contributed by atoms with E-state index in [9.17, 15) is 14.4 Å². The van der Waals surface area contributed by atoms with Crippen LogP contribution in [0.3, 0.4) is 0 Å². The van der Waals surface area contributed by atoms with E-state index in [1.54, 1.807) is 18.2 Å². The molecule has 1 unspecified atom stereocenters. The number of primary amides is 1. The molecule has 0 saturated heterocycles. The standard InChI is InChI=1S/C12H12BrClN2O5/c13-7-3-6(14)1-2-9(7)21-5-11(18)16-8(12(19)20)4-10(15)17/h1-3,8H,4-5H2,(H2,15,17)(H,16,18)(H,19,20). The number of benzene rings is 1. The summed E-state index contributed by atoms with van der Waals surface area (Å²) in [6.07, 6.45) is -0.494. The lowest BCUT2D eigenvalue weighted by Gasteiger charge is -2.13. The van der Waals surface area contributed by atoms with Gasteiger partial charge in [-0.2, -0.15) is 0 Å². The van der Waals surface area contributed by atoms with Crippen LogP contribution in [-0.4, -0.2) is 35.5 Å². The highest BCUT2D eigenvalue weighted by Crippen LogP contribution is 2.27. The summed E-state index contributed by atoms with van der Waals surface area (Å²) in [6.45, 7) is -0.414. The molecule has 0 aliphatic rings. The molecule has 9 heteroatoms. The summed E-state index contributed by atoms with van der Waals surface area (Å²) in [4.78, 5) is 33.2. The maximum atomic E-state index is 11.6. The summed E-state index contributed by atoms with van der Waals surface area (Å²) >= 11 is 8.97. The smallest absolute Gasteiger partial charge is 0.326 e. The van der Waals surface area contributed by atoms with E-state index < -0.39 is 36.9 Å². The van der Waals surface area contributed by atoms with Crippen LogP contribution in [0.4, 0.5) is 0 Å². The summed E-state index contributed by atoms with van der Waals surface area (Å²) in [6, 6.07) is 3.33. The van der Waals surface area contributed by atoms with E-state index in [1.807, 2.05) is 0 Å². The van der Waals surface area contributed by atoms with Crippen molar-refractivity contribution in [1.82, 2.24) is 5.32 Å². The van der Waals surface area contributed by atoms with E-state index in [4.69, 9.17) is 27.2 Å². The molecule has 21 heavy (non-hydrogen) atoms. The average molecular weight is 380 g/mol. The molecule has 0 fully saturated rings. The van der Waals surface area contributed by atoms with Gasteiger partial charge in [-0.1, -0.05) is 11.6 Å². The number of carbonyl (C=O) groups is 3. The number of amides is 2. The monoisotopic (exact) mass is 378 g/mol. The Labute approximate surface area is 133 Å². The molecule has 0 spiro atoms. The van der Waals surface area contributed by atoms with Crippen LogP contribution in [-0.2, 0) is 14.4 Å². The highest BCUT2D eigenvalue weighted by molar-refractivity contribution is 9.10. The van der Waals surface area contributed by atoms with Gasteiger partial charge in [0.25, 0.3) is 5.91 Å². The Kier molecular flexibility index (Phi) is 6.44. The van der Waals surface area contributed by atoms with Crippen molar-refractivity contribution in [1.29, 1.82) is 0 Å². The van der Waals surface area contributed by atoms with Crippen molar-refractivity contribution >= 4 is 45.3 Å². The lowest BCUT2D eigenvalue weighted by molar-refractivity contribution is -0.143. The summed E-state index contributed by atoms with van der Waals surface area (Å²) in [7, 11) is 0. The topological polar surface area (TPSA) is 119 Å². The molecule has 1 rings (SSSR count). The fraction of sp³-hybridized carbons (Fsp3) is 0.250. The molecule has 1 aromatic carbocycles. The van der Waals surface area contributed by atoms with Crippen molar-refractivity contribution in [2.45, 2.75) is 12.5 Å². The van der Waals surface area contributed by atoms with Crippen LogP contribution in [0.2, 0.25) is 5.02 Å². The van der Waals surface area contributed by atoms with Crippen molar-refractivity contribution in [2.75, 3.05) is 6.61 Å². The van der Waals surface area contributed by atoms with E-state index in [0.29, 0.717) is 15.2 Å². The van der Waals surface area contributed by atoms with Gasteiger partial charge in [0, 0.05) is 5.02 Å². The zero-order valence-electron chi connectivity index (χ0n) is 10.6. The van der Waals surface area contributed by atoms with Gasteiger partial charge in [-0.3, -0.25) is 9.59 Å². The lowest BCUT2D eigenvalue weighted by atomic mass is 10.2. The van der Waals surface area contributed by atoms with Crippen molar-refractivity contribution in [3.8, 4) is 5.75 Å². The van der Waals surface area contributed by atoms with E-state index in [1.165, 1.54) is 0 Å². The largest absolute Gasteiger partial charge is 0.483 e. The molecular weight excluding hydrogens is 367 g/mol. The molecule has 0 heterocycles. The number of carbonyl (C=O) groups excluding carboxylic acids is 2. The Morgan fingerprint density at radius 3 is 2.62 bits per heavy atom. The van der Waals surface area contributed by atoms with Gasteiger partial charge in [-0.05, 0) is 34.1 Å². The maximum Gasteiger partial charge on any atom is 0.326 e. The van der Waals surface area contributed by atoms with E-state index >= 15 is 0 Å². The van der Waals surface area contributed by atoms with Gasteiger partial charge in [-0.25, -0.2) is 4.79 Å². The summed E-state index contributed by atoms with van der Waals surface area (Å²) in [5, 5.41) is 11.5.